The van der Waals surface area contributed by atoms with Crippen molar-refractivity contribution in [3.63, 3.8) is 0 Å². The minimum absolute atomic E-state index is 0.0491. The van der Waals surface area contributed by atoms with Crippen molar-refractivity contribution in [1.82, 2.24) is 5.32 Å². The number of carbonyl (C=O) groups is 1. The molecule has 2 nitrogen and oxygen atoms in total. The first kappa shape index (κ1) is 13.8. The molecule has 3 rings (SSSR count). The van der Waals surface area contributed by atoms with Crippen LogP contribution in [0.5, 0.6) is 0 Å². The normalized spacial score (nSPS) is 29.8. The first-order valence-electron chi connectivity index (χ1n) is 8.11. The van der Waals surface area contributed by atoms with Crippen molar-refractivity contribution in [3.8, 4) is 0 Å². The summed E-state index contributed by atoms with van der Waals surface area (Å²) in [6.45, 7) is 3.11. The van der Waals surface area contributed by atoms with Gasteiger partial charge in [-0.05, 0) is 49.1 Å². The van der Waals surface area contributed by atoms with Crippen LogP contribution in [0.4, 0.5) is 0 Å². The number of hydrogen-bond acceptors (Lipinski definition) is 2. The summed E-state index contributed by atoms with van der Waals surface area (Å²) in [7, 11) is 0. The first-order chi connectivity index (χ1) is 9.78. The summed E-state index contributed by atoms with van der Waals surface area (Å²) in [6.07, 6.45) is 6.86. The van der Waals surface area contributed by atoms with Crippen LogP contribution in [0.15, 0.2) is 24.3 Å². The highest BCUT2D eigenvalue weighted by atomic mass is 16.1. The van der Waals surface area contributed by atoms with Crippen molar-refractivity contribution < 1.29 is 4.79 Å². The van der Waals surface area contributed by atoms with Crippen LogP contribution in [-0.2, 0) is 17.8 Å². The highest BCUT2D eigenvalue weighted by Gasteiger charge is 2.32. The van der Waals surface area contributed by atoms with Crippen LogP contribution in [0.1, 0.15) is 50.2 Å². The Kier molecular flexibility index (Phi) is 4.21. The minimum atomic E-state index is 0.0491. The van der Waals surface area contributed by atoms with Gasteiger partial charge in [-0.25, -0.2) is 0 Å². The Morgan fingerprint density at radius 1 is 1.15 bits per heavy atom. The van der Waals surface area contributed by atoms with Gasteiger partial charge in [-0.1, -0.05) is 37.6 Å². The van der Waals surface area contributed by atoms with Gasteiger partial charge < -0.3 is 5.32 Å². The highest BCUT2D eigenvalue weighted by Crippen LogP contribution is 2.32. The predicted molar refractivity (Wildman–Crippen MR) is 81.5 cm³/mol. The SMILES string of the molecule is CCC1CCC(C(=O)C2Cc3ccccc3CN2)CC1. The Labute approximate surface area is 122 Å². The van der Waals surface area contributed by atoms with Gasteiger partial charge in [0.2, 0.25) is 0 Å². The molecule has 108 valence electrons. The summed E-state index contributed by atoms with van der Waals surface area (Å²) in [4.78, 5) is 12.7. The van der Waals surface area contributed by atoms with Crippen LogP contribution in [-0.4, -0.2) is 11.8 Å². The standard InChI is InChI=1S/C18H25NO/c1-2-13-7-9-14(10-8-13)18(20)17-11-15-5-3-4-6-16(15)12-19-17/h3-6,13-14,17,19H,2,7-12H2,1H3. The Balaban J connectivity index is 1.62. The molecule has 0 spiro atoms. The summed E-state index contributed by atoms with van der Waals surface area (Å²) in [5.74, 6) is 1.63. The third-order valence-corrected chi connectivity index (χ3v) is 5.25. The van der Waals surface area contributed by atoms with Crippen LogP contribution in [0.25, 0.3) is 0 Å². The Morgan fingerprint density at radius 3 is 2.55 bits per heavy atom. The van der Waals surface area contributed by atoms with E-state index in [4.69, 9.17) is 0 Å². The molecule has 1 unspecified atom stereocenters. The van der Waals surface area contributed by atoms with Crippen LogP contribution in [0.2, 0.25) is 0 Å². The van der Waals surface area contributed by atoms with E-state index in [-0.39, 0.29) is 6.04 Å². The van der Waals surface area contributed by atoms with Crippen molar-refractivity contribution in [1.29, 1.82) is 0 Å². The van der Waals surface area contributed by atoms with Crippen LogP contribution >= 0.6 is 0 Å². The van der Waals surface area contributed by atoms with E-state index >= 15 is 0 Å². The second-order valence-corrected chi connectivity index (χ2v) is 6.43. The molecule has 1 aliphatic heterocycles. The Hall–Kier alpha value is -1.15. The molecule has 0 aromatic heterocycles. The molecule has 0 saturated heterocycles. The van der Waals surface area contributed by atoms with E-state index in [1.807, 2.05) is 0 Å². The molecule has 1 fully saturated rings. The van der Waals surface area contributed by atoms with Gasteiger partial charge in [0.05, 0.1) is 6.04 Å². The fourth-order valence-electron chi connectivity index (χ4n) is 3.80. The van der Waals surface area contributed by atoms with Crippen LogP contribution in [0.3, 0.4) is 0 Å². The number of benzene rings is 1. The van der Waals surface area contributed by atoms with E-state index in [2.05, 4.69) is 36.5 Å². The lowest BCUT2D eigenvalue weighted by Crippen LogP contribution is -2.45. The lowest BCUT2D eigenvalue weighted by atomic mass is 9.76. The van der Waals surface area contributed by atoms with Gasteiger partial charge in [-0.3, -0.25) is 4.79 Å². The van der Waals surface area contributed by atoms with E-state index < -0.39 is 0 Å². The van der Waals surface area contributed by atoms with Crippen molar-refractivity contribution in [3.05, 3.63) is 35.4 Å². The van der Waals surface area contributed by atoms with Gasteiger partial charge in [-0.2, -0.15) is 0 Å². The molecular weight excluding hydrogens is 246 g/mol. The molecule has 1 aliphatic carbocycles. The van der Waals surface area contributed by atoms with Gasteiger partial charge in [-0.15, -0.1) is 0 Å². The van der Waals surface area contributed by atoms with Crippen molar-refractivity contribution >= 4 is 5.78 Å². The Bertz CT molecular complexity index is 474. The zero-order valence-corrected chi connectivity index (χ0v) is 12.4. The van der Waals surface area contributed by atoms with E-state index in [9.17, 15) is 4.79 Å². The molecule has 1 N–H and O–H groups in total. The molecule has 1 aromatic carbocycles. The van der Waals surface area contributed by atoms with E-state index in [0.717, 1.165) is 31.7 Å². The number of fused-ring (bicyclic) bond motifs is 1. The quantitative estimate of drug-likeness (QED) is 0.912. The van der Waals surface area contributed by atoms with Gasteiger partial charge in [0.15, 0.2) is 5.78 Å². The number of ketones is 1. The third kappa shape index (κ3) is 2.80. The maximum absolute atomic E-state index is 12.7. The van der Waals surface area contributed by atoms with Crippen molar-refractivity contribution in [2.75, 3.05) is 0 Å². The molecule has 20 heavy (non-hydrogen) atoms. The zero-order chi connectivity index (χ0) is 13.9. The third-order valence-electron chi connectivity index (χ3n) is 5.25. The zero-order valence-electron chi connectivity index (χ0n) is 12.4. The van der Waals surface area contributed by atoms with E-state index in [1.165, 1.54) is 30.4 Å². The summed E-state index contributed by atoms with van der Waals surface area (Å²) in [6, 6.07) is 8.54. The smallest absolute Gasteiger partial charge is 0.153 e. The van der Waals surface area contributed by atoms with Crippen molar-refractivity contribution in [2.24, 2.45) is 11.8 Å². The second kappa shape index (κ2) is 6.09. The van der Waals surface area contributed by atoms with Gasteiger partial charge in [0.25, 0.3) is 0 Å². The largest absolute Gasteiger partial charge is 0.303 e. The summed E-state index contributed by atoms with van der Waals surface area (Å²) in [5, 5.41) is 3.45. The average Bonchev–Trinajstić information content (AvgIpc) is 2.54. The number of nitrogens with one attached hydrogen (secondary N) is 1. The highest BCUT2D eigenvalue weighted by molar-refractivity contribution is 5.87. The topological polar surface area (TPSA) is 29.1 Å². The molecule has 1 aromatic rings. The fraction of sp³-hybridized carbons (Fsp3) is 0.611. The molecule has 2 aliphatic rings. The predicted octanol–water partition coefficient (Wildman–Crippen LogP) is 3.49. The molecule has 0 bridgehead atoms. The molecule has 2 heteroatoms. The van der Waals surface area contributed by atoms with Crippen LogP contribution < -0.4 is 5.32 Å². The fourth-order valence-corrected chi connectivity index (χ4v) is 3.80. The molecule has 0 amide bonds. The number of carbonyl (C=O) groups excluding carboxylic acids is 1. The van der Waals surface area contributed by atoms with Gasteiger partial charge in [0.1, 0.15) is 0 Å². The maximum atomic E-state index is 12.7. The number of Topliss-reactive ketones (excluding diaryl/α,β-unsaturated/α-hetero) is 1. The van der Waals surface area contributed by atoms with Crippen LogP contribution in [0, 0.1) is 11.8 Å². The monoisotopic (exact) mass is 271 g/mol. The summed E-state index contributed by atoms with van der Waals surface area (Å²) in [5.41, 5.74) is 2.71. The number of hydrogen-bond donors (Lipinski definition) is 1. The molecule has 1 heterocycles. The lowest BCUT2D eigenvalue weighted by molar-refractivity contribution is -0.126. The van der Waals surface area contributed by atoms with E-state index in [1.54, 1.807) is 0 Å². The molecule has 1 saturated carbocycles. The summed E-state index contributed by atoms with van der Waals surface area (Å²) < 4.78 is 0. The van der Waals surface area contributed by atoms with E-state index in [0.29, 0.717) is 11.7 Å². The van der Waals surface area contributed by atoms with Crippen molar-refractivity contribution in [2.45, 2.75) is 58.0 Å². The molecule has 1 atom stereocenters. The minimum Gasteiger partial charge on any atom is -0.303 e. The molecule has 0 radical (unpaired) electrons. The Morgan fingerprint density at radius 2 is 1.85 bits per heavy atom. The maximum Gasteiger partial charge on any atom is 0.153 e. The van der Waals surface area contributed by atoms with Gasteiger partial charge in [0, 0.05) is 12.5 Å². The number of rotatable bonds is 3. The first-order valence-corrected chi connectivity index (χ1v) is 8.11. The average molecular weight is 271 g/mol. The second-order valence-electron chi connectivity index (χ2n) is 6.43. The van der Waals surface area contributed by atoms with Gasteiger partial charge >= 0.3 is 0 Å². The lowest BCUT2D eigenvalue weighted by Gasteiger charge is -2.32. The summed E-state index contributed by atoms with van der Waals surface area (Å²) >= 11 is 0. The molecular formula is C18H25NO.